The molecule has 2 aromatic heterocycles. The topological polar surface area (TPSA) is 50.7 Å². The summed E-state index contributed by atoms with van der Waals surface area (Å²) in [6, 6.07) is 6.06. The molecule has 0 aliphatic rings. The number of aromatic nitrogens is 3. The first kappa shape index (κ1) is 14.4. The number of hydrogen-bond donors (Lipinski definition) is 1. The highest BCUT2D eigenvalue weighted by atomic mass is 15.0. The van der Waals surface area contributed by atoms with Crippen molar-refractivity contribution in [3.8, 4) is 11.4 Å². The van der Waals surface area contributed by atoms with Gasteiger partial charge in [-0.1, -0.05) is 20.3 Å². The Morgan fingerprint density at radius 2 is 1.95 bits per heavy atom. The van der Waals surface area contributed by atoms with Crippen LogP contribution in [0, 0.1) is 6.92 Å². The van der Waals surface area contributed by atoms with Crippen LogP contribution >= 0.6 is 0 Å². The average Bonchev–Trinajstić information content (AvgIpc) is 2.46. The van der Waals surface area contributed by atoms with Gasteiger partial charge < -0.3 is 5.32 Å². The van der Waals surface area contributed by atoms with Crippen molar-refractivity contribution in [3.05, 3.63) is 35.8 Å². The molecule has 0 saturated heterocycles. The number of pyridine rings is 1. The minimum Gasteiger partial charge on any atom is -0.370 e. The molecule has 0 unspecified atom stereocenters. The highest BCUT2D eigenvalue weighted by Crippen LogP contribution is 2.18. The van der Waals surface area contributed by atoms with Gasteiger partial charge in [0, 0.05) is 35.8 Å². The fourth-order valence-corrected chi connectivity index (χ4v) is 1.95. The molecule has 0 radical (unpaired) electrons. The molecule has 0 bridgehead atoms. The molecule has 0 aromatic carbocycles. The first-order valence-corrected chi connectivity index (χ1v) is 7.27. The van der Waals surface area contributed by atoms with Gasteiger partial charge in [0.2, 0.25) is 0 Å². The number of hydrogen-bond acceptors (Lipinski definition) is 4. The third kappa shape index (κ3) is 3.76. The third-order valence-corrected chi connectivity index (χ3v) is 3.01. The SMILES string of the molecule is CCCNc1cc(CCC)nc(-c2ccc(C)nc2)n1. The molecule has 0 amide bonds. The molecule has 1 N–H and O–H groups in total. The lowest BCUT2D eigenvalue weighted by Gasteiger charge is -2.09. The van der Waals surface area contributed by atoms with E-state index in [1.807, 2.05) is 31.3 Å². The molecule has 0 fully saturated rings. The van der Waals surface area contributed by atoms with Crippen LogP contribution in [-0.2, 0) is 6.42 Å². The normalized spacial score (nSPS) is 10.6. The summed E-state index contributed by atoms with van der Waals surface area (Å²) in [5.74, 6) is 1.66. The van der Waals surface area contributed by atoms with Crippen molar-refractivity contribution in [1.82, 2.24) is 15.0 Å². The summed E-state index contributed by atoms with van der Waals surface area (Å²) in [5.41, 5.74) is 3.05. The molecular formula is C16H22N4. The summed E-state index contributed by atoms with van der Waals surface area (Å²) in [5, 5.41) is 3.34. The predicted octanol–water partition coefficient (Wildman–Crippen LogP) is 3.62. The number of aryl methyl sites for hydroxylation is 2. The lowest BCUT2D eigenvalue weighted by Crippen LogP contribution is -2.05. The minimum atomic E-state index is 0.752. The molecule has 2 aromatic rings. The summed E-state index contributed by atoms with van der Waals surface area (Å²) in [4.78, 5) is 13.6. The lowest BCUT2D eigenvalue weighted by atomic mass is 10.2. The monoisotopic (exact) mass is 270 g/mol. The van der Waals surface area contributed by atoms with Crippen molar-refractivity contribution in [1.29, 1.82) is 0 Å². The van der Waals surface area contributed by atoms with Crippen LogP contribution in [0.2, 0.25) is 0 Å². The molecule has 106 valence electrons. The smallest absolute Gasteiger partial charge is 0.163 e. The molecule has 0 saturated carbocycles. The van der Waals surface area contributed by atoms with Gasteiger partial charge in [-0.2, -0.15) is 0 Å². The molecule has 2 rings (SSSR count). The van der Waals surface area contributed by atoms with Gasteiger partial charge in [-0.05, 0) is 31.9 Å². The number of nitrogens with zero attached hydrogens (tertiary/aromatic N) is 3. The molecule has 4 heteroatoms. The average molecular weight is 270 g/mol. The van der Waals surface area contributed by atoms with E-state index in [-0.39, 0.29) is 0 Å². The number of anilines is 1. The van der Waals surface area contributed by atoms with Crippen LogP contribution in [0.1, 0.15) is 38.1 Å². The fraction of sp³-hybridized carbons (Fsp3) is 0.438. The Morgan fingerprint density at radius 3 is 2.60 bits per heavy atom. The maximum absolute atomic E-state index is 4.64. The van der Waals surface area contributed by atoms with Crippen LogP contribution in [0.4, 0.5) is 5.82 Å². The Hall–Kier alpha value is -1.97. The maximum Gasteiger partial charge on any atom is 0.163 e. The van der Waals surface area contributed by atoms with Crippen LogP contribution in [0.25, 0.3) is 11.4 Å². The summed E-state index contributed by atoms with van der Waals surface area (Å²) in [6.07, 6.45) is 4.96. The molecule has 0 aliphatic heterocycles. The molecule has 20 heavy (non-hydrogen) atoms. The van der Waals surface area contributed by atoms with Crippen molar-refractivity contribution in [2.24, 2.45) is 0 Å². The summed E-state index contributed by atoms with van der Waals surface area (Å²) in [6.45, 7) is 7.21. The quantitative estimate of drug-likeness (QED) is 0.871. The van der Waals surface area contributed by atoms with Gasteiger partial charge in [0.25, 0.3) is 0 Å². The van der Waals surface area contributed by atoms with Crippen LogP contribution in [0.15, 0.2) is 24.4 Å². The van der Waals surface area contributed by atoms with Crippen LogP contribution < -0.4 is 5.32 Å². The predicted molar refractivity (Wildman–Crippen MR) is 82.8 cm³/mol. The number of rotatable bonds is 6. The van der Waals surface area contributed by atoms with E-state index in [0.717, 1.165) is 54.4 Å². The largest absolute Gasteiger partial charge is 0.370 e. The van der Waals surface area contributed by atoms with Gasteiger partial charge in [-0.3, -0.25) is 4.98 Å². The van der Waals surface area contributed by atoms with Gasteiger partial charge in [0.05, 0.1) is 0 Å². The zero-order valence-corrected chi connectivity index (χ0v) is 12.5. The van der Waals surface area contributed by atoms with E-state index >= 15 is 0 Å². The zero-order valence-electron chi connectivity index (χ0n) is 12.5. The fourth-order valence-electron chi connectivity index (χ4n) is 1.95. The molecular weight excluding hydrogens is 248 g/mol. The van der Waals surface area contributed by atoms with E-state index < -0.39 is 0 Å². The molecule has 2 heterocycles. The highest BCUT2D eigenvalue weighted by molar-refractivity contribution is 5.56. The van der Waals surface area contributed by atoms with Crippen LogP contribution in [-0.4, -0.2) is 21.5 Å². The zero-order chi connectivity index (χ0) is 14.4. The van der Waals surface area contributed by atoms with E-state index in [2.05, 4.69) is 34.1 Å². The van der Waals surface area contributed by atoms with Crippen molar-refractivity contribution in [2.75, 3.05) is 11.9 Å². The van der Waals surface area contributed by atoms with Gasteiger partial charge in [0.1, 0.15) is 5.82 Å². The first-order chi connectivity index (χ1) is 9.72. The number of nitrogens with one attached hydrogen (secondary N) is 1. The Kier molecular flexibility index (Phi) is 5.04. The minimum absolute atomic E-state index is 0.752. The van der Waals surface area contributed by atoms with Gasteiger partial charge in [-0.25, -0.2) is 9.97 Å². The lowest BCUT2D eigenvalue weighted by molar-refractivity contribution is 0.872. The maximum atomic E-state index is 4.64. The molecule has 0 spiro atoms. The second-order valence-electron chi connectivity index (χ2n) is 4.93. The molecule has 0 atom stereocenters. The summed E-state index contributed by atoms with van der Waals surface area (Å²) >= 11 is 0. The van der Waals surface area contributed by atoms with Crippen molar-refractivity contribution in [2.45, 2.75) is 40.0 Å². The third-order valence-electron chi connectivity index (χ3n) is 3.01. The second-order valence-corrected chi connectivity index (χ2v) is 4.93. The van der Waals surface area contributed by atoms with Crippen LogP contribution in [0.3, 0.4) is 0 Å². The van der Waals surface area contributed by atoms with Gasteiger partial charge >= 0.3 is 0 Å². The van der Waals surface area contributed by atoms with E-state index in [1.165, 1.54) is 0 Å². The molecule has 4 nitrogen and oxygen atoms in total. The standard InChI is InChI=1S/C16H22N4/c1-4-6-14-10-15(17-9-5-2)20-16(19-14)13-8-7-12(3)18-11-13/h7-8,10-11H,4-6,9H2,1-3H3,(H,17,19,20). The Bertz CT molecular complexity index is 549. The van der Waals surface area contributed by atoms with E-state index in [0.29, 0.717) is 0 Å². The van der Waals surface area contributed by atoms with E-state index in [9.17, 15) is 0 Å². The van der Waals surface area contributed by atoms with Gasteiger partial charge in [-0.15, -0.1) is 0 Å². The second kappa shape index (κ2) is 6.98. The van der Waals surface area contributed by atoms with E-state index in [4.69, 9.17) is 0 Å². The van der Waals surface area contributed by atoms with Gasteiger partial charge in [0.15, 0.2) is 5.82 Å². The summed E-state index contributed by atoms with van der Waals surface area (Å²) < 4.78 is 0. The molecule has 0 aliphatic carbocycles. The Labute approximate surface area is 120 Å². The van der Waals surface area contributed by atoms with Crippen LogP contribution in [0.5, 0.6) is 0 Å². The first-order valence-electron chi connectivity index (χ1n) is 7.27. The Morgan fingerprint density at radius 1 is 1.10 bits per heavy atom. The van der Waals surface area contributed by atoms with Crippen molar-refractivity contribution < 1.29 is 0 Å². The highest BCUT2D eigenvalue weighted by Gasteiger charge is 2.07. The Balaban J connectivity index is 2.34. The summed E-state index contributed by atoms with van der Waals surface area (Å²) in [7, 11) is 0. The van der Waals surface area contributed by atoms with E-state index in [1.54, 1.807) is 0 Å². The van der Waals surface area contributed by atoms with Crippen molar-refractivity contribution in [3.63, 3.8) is 0 Å². The van der Waals surface area contributed by atoms with Crippen molar-refractivity contribution >= 4 is 5.82 Å².